The fraction of sp³-hybridized carbons (Fsp3) is 0.583. The van der Waals surface area contributed by atoms with Crippen LogP contribution in [-0.4, -0.2) is 29.0 Å². The number of ketones is 1. The highest BCUT2D eigenvalue weighted by atomic mass is 32.2. The Labute approximate surface area is 105 Å². The Morgan fingerprint density at radius 1 is 1.62 bits per heavy atom. The summed E-state index contributed by atoms with van der Waals surface area (Å²) in [6, 6.07) is 3.80. The minimum atomic E-state index is 0.251. The Morgan fingerprint density at radius 3 is 3.06 bits per heavy atom. The summed E-state index contributed by atoms with van der Waals surface area (Å²) in [5.74, 6) is 2.59. The van der Waals surface area contributed by atoms with E-state index < -0.39 is 0 Å². The molecule has 4 heteroatoms. The molecule has 1 unspecified atom stereocenters. The van der Waals surface area contributed by atoms with E-state index in [-0.39, 0.29) is 12.4 Å². The number of hydrogen-bond acceptors (Lipinski definition) is 4. The van der Waals surface area contributed by atoms with Gasteiger partial charge in [0, 0.05) is 13.0 Å². The van der Waals surface area contributed by atoms with Gasteiger partial charge in [-0.3, -0.25) is 4.79 Å². The summed E-state index contributed by atoms with van der Waals surface area (Å²) < 4.78 is 0. The van der Waals surface area contributed by atoms with Gasteiger partial charge in [0.25, 0.3) is 0 Å². The van der Waals surface area contributed by atoms with Crippen LogP contribution in [0.3, 0.4) is 0 Å². The summed E-state index contributed by atoms with van der Waals surface area (Å²) >= 11 is 3.33. The van der Waals surface area contributed by atoms with Gasteiger partial charge in [0.1, 0.15) is 0 Å². The van der Waals surface area contributed by atoms with Crippen LogP contribution in [0.25, 0.3) is 0 Å². The molecule has 0 bridgehead atoms. The lowest BCUT2D eigenvalue weighted by Crippen LogP contribution is -2.04. The number of aliphatic hydroxyl groups is 1. The molecule has 0 saturated carbocycles. The average Bonchev–Trinajstić information content (AvgIpc) is 2.81. The summed E-state index contributed by atoms with van der Waals surface area (Å²) in [4.78, 5) is 12.5. The van der Waals surface area contributed by atoms with Gasteiger partial charge in [-0.15, -0.1) is 11.3 Å². The Bertz CT molecular complexity index is 296. The SMILES string of the molecule is CC(CO)CSCCCC(=O)c1cccs1. The first-order valence-electron chi connectivity index (χ1n) is 5.49. The van der Waals surface area contributed by atoms with E-state index in [4.69, 9.17) is 5.11 Å². The third-order valence-corrected chi connectivity index (χ3v) is 4.50. The standard InChI is InChI=1S/C12H18O2S2/c1-10(8-13)9-15-6-2-4-11(14)12-5-3-7-16-12/h3,5,7,10,13H,2,4,6,8-9H2,1H3. The Hall–Kier alpha value is -0.320. The predicted octanol–water partition coefficient (Wildman–Crippen LogP) is 3.07. The molecule has 0 spiro atoms. The van der Waals surface area contributed by atoms with Gasteiger partial charge in [-0.2, -0.15) is 11.8 Å². The molecule has 0 aliphatic rings. The molecule has 1 aromatic heterocycles. The van der Waals surface area contributed by atoms with Crippen molar-refractivity contribution >= 4 is 28.9 Å². The number of carbonyl (C=O) groups is 1. The fourth-order valence-electron chi connectivity index (χ4n) is 1.23. The monoisotopic (exact) mass is 258 g/mol. The second kappa shape index (κ2) is 7.87. The molecule has 1 aromatic rings. The Balaban J connectivity index is 2.05. The third-order valence-electron chi connectivity index (χ3n) is 2.20. The van der Waals surface area contributed by atoms with Crippen molar-refractivity contribution in [3.05, 3.63) is 22.4 Å². The Kier molecular flexibility index (Phi) is 6.76. The second-order valence-corrected chi connectivity index (χ2v) is 5.96. The van der Waals surface area contributed by atoms with E-state index in [9.17, 15) is 4.79 Å². The highest BCUT2D eigenvalue weighted by Crippen LogP contribution is 2.15. The maximum absolute atomic E-state index is 11.6. The number of carbonyl (C=O) groups excluding carboxylic acids is 1. The van der Waals surface area contributed by atoms with E-state index in [0.717, 1.165) is 22.8 Å². The first-order valence-corrected chi connectivity index (χ1v) is 7.52. The minimum absolute atomic E-state index is 0.251. The van der Waals surface area contributed by atoms with Gasteiger partial charge in [-0.05, 0) is 35.3 Å². The van der Waals surface area contributed by atoms with Crippen LogP contribution in [0.2, 0.25) is 0 Å². The number of aliphatic hydroxyl groups excluding tert-OH is 1. The van der Waals surface area contributed by atoms with Crippen LogP contribution in [0.15, 0.2) is 17.5 Å². The summed E-state index contributed by atoms with van der Waals surface area (Å²) in [5, 5.41) is 10.8. The molecular weight excluding hydrogens is 240 g/mol. The molecule has 1 heterocycles. The number of thioether (sulfide) groups is 1. The van der Waals surface area contributed by atoms with E-state index in [1.165, 1.54) is 11.3 Å². The lowest BCUT2D eigenvalue weighted by atomic mass is 10.2. The zero-order chi connectivity index (χ0) is 11.8. The molecule has 0 aromatic carbocycles. The van der Waals surface area contributed by atoms with Gasteiger partial charge < -0.3 is 5.11 Å². The average molecular weight is 258 g/mol. The van der Waals surface area contributed by atoms with E-state index in [1.54, 1.807) is 0 Å². The lowest BCUT2D eigenvalue weighted by Gasteiger charge is -2.06. The summed E-state index contributed by atoms with van der Waals surface area (Å²) in [7, 11) is 0. The molecule has 0 fully saturated rings. The van der Waals surface area contributed by atoms with Crippen molar-refractivity contribution in [2.45, 2.75) is 19.8 Å². The smallest absolute Gasteiger partial charge is 0.172 e. The predicted molar refractivity (Wildman–Crippen MR) is 71.5 cm³/mol. The number of rotatable bonds is 8. The largest absolute Gasteiger partial charge is 0.396 e. The number of Topliss-reactive ketones (excluding diaryl/α,β-unsaturated/α-hetero) is 1. The van der Waals surface area contributed by atoms with Crippen molar-refractivity contribution in [3.63, 3.8) is 0 Å². The van der Waals surface area contributed by atoms with Gasteiger partial charge in [0.2, 0.25) is 0 Å². The highest BCUT2D eigenvalue weighted by Gasteiger charge is 2.06. The molecule has 0 amide bonds. The van der Waals surface area contributed by atoms with E-state index in [0.29, 0.717) is 12.3 Å². The Morgan fingerprint density at radius 2 is 2.44 bits per heavy atom. The van der Waals surface area contributed by atoms with Gasteiger partial charge in [0.05, 0.1) is 4.88 Å². The lowest BCUT2D eigenvalue weighted by molar-refractivity contribution is 0.0986. The zero-order valence-electron chi connectivity index (χ0n) is 9.52. The summed E-state index contributed by atoms with van der Waals surface area (Å²) in [5.41, 5.74) is 0. The molecule has 0 aliphatic heterocycles. The van der Waals surface area contributed by atoms with Gasteiger partial charge in [-0.25, -0.2) is 0 Å². The topological polar surface area (TPSA) is 37.3 Å². The normalized spacial score (nSPS) is 12.6. The van der Waals surface area contributed by atoms with Crippen LogP contribution < -0.4 is 0 Å². The highest BCUT2D eigenvalue weighted by molar-refractivity contribution is 7.99. The maximum atomic E-state index is 11.6. The van der Waals surface area contributed by atoms with E-state index in [1.807, 2.05) is 36.2 Å². The number of hydrogen-bond donors (Lipinski definition) is 1. The first-order chi connectivity index (χ1) is 7.74. The molecule has 16 heavy (non-hydrogen) atoms. The van der Waals surface area contributed by atoms with Crippen molar-refractivity contribution in [1.29, 1.82) is 0 Å². The van der Waals surface area contributed by atoms with E-state index >= 15 is 0 Å². The van der Waals surface area contributed by atoms with Gasteiger partial charge in [0.15, 0.2) is 5.78 Å². The first kappa shape index (κ1) is 13.7. The minimum Gasteiger partial charge on any atom is -0.396 e. The van der Waals surface area contributed by atoms with Crippen molar-refractivity contribution in [1.82, 2.24) is 0 Å². The van der Waals surface area contributed by atoms with Crippen molar-refractivity contribution in [2.24, 2.45) is 5.92 Å². The molecular formula is C12H18O2S2. The number of thiophene rings is 1. The van der Waals surface area contributed by atoms with E-state index in [2.05, 4.69) is 0 Å². The van der Waals surface area contributed by atoms with Gasteiger partial charge in [-0.1, -0.05) is 13.0 Å². The zero-order valence-corrected chi connectivity index (χ0v) is 11.1. The molecule has 1 rings (SSSR count). The van der Waals surface area contributed by atoms with Crippen LogP contribution in [0.5, 0.6) is 0 Å². The van der Waals surface area contributed by atoms with Crippen LogP contribution >= 0.6 is 23.1 Å². The van der Waals surface area contributed by atoms with Gasteiger partial charge >= 0.3 is 0 Å². The molecule has 0 saturated heterocycles. The second-order valence-electron chi connectivity index (χ2n) is 3.87. The third kappa shape index (κ3) is 5.14. The summed E-state index contributed by atoms with van der Waals surface area (Å²) in [6.45, 7) is 2.28. The van der Waals surface area contributed by atoms with Crippen molar-refractivity contribution in [3.8, 4) is 0 Å². The maximum Gasteiger partial charge on any atom is 0.172 e. The van der Waals surface area contributed by atoms with Crippen LogP contribution in [0, 0.1) is 5.92 Å². The molecule has 0 radical (unpaired) electrons. The van der Waals surface area contributed by atoms with Crippen molar-refractivity contribution in [2.75, 3.05) is 18.1 Å². The fourth-order valence-corrected chi connectivity index (χ4v) is 2.95. The molecule has 2 nitrogen and oxygen atoms in total. The van der Waals surface area contributed by atoms with Crippen molar-refractivity contribution < 1.29 is 9.90 Å². The molecule has 1 N–H and O–H groups in total. The molecule has 0 aliphatic carbocycles. The van der Waals surface area contributed by atoms with Crippen LogP contribution in [0.4, 0.5) is 0 Å². The molecule has 90 valence electrons. The van der Waals surface area contributed by atoms with Crippen LogP contribution in [0.1, 0.15) is 29.4 Å². The van der Waals surface area contributed by atoms with Crippen LogP contribution in [-0.2, 0) is 0 Å². The quantitative estimate of drug-likeness (QED) is 0.575. The summed E-state index contributed by atoms with van der Waals surface area (Å²) in [6.07, 6.45) is 1.57. The molecule has 1 atom stereocenters.